The highest BCUT2D eigenvalue weighted by Crippen LogP contribution is 2.26. The molecule has 0 unspecified atom stereocenters. The van der Waals surface area contributed by atoms with Crippen LogP contribution < -0.4 is 5.32 Å². The van der Waals surface area contributed by atoms with E-state index in [1.807, 2.05) is 0 Å². The molecule has 1 aromatic heterocycles. The number of methoxy groups -OCH3 is 1. The second-order valence-electron chi connectivity index (χ2n) is 6.41. The van der Waals surface area contributed by atoms with Crippen molar-refractivity contribution in [3.8, 4) is 0 Å². The highest BCUT2D eigenvalue weighted by molar-refractivity contribution is 5.89. The predicted octanol–water partition coefficient (Wildman–Crippen LogP) is 2.92. The topological polar surface area (TPSA) is 89.7 Å². The summed E-state index contributed by atoms with van der Waals surface area (Å²) >= 11 is 0. The number of ether oxygens (including phenoxy) is 2. The number of anilines is 1. The van der Waals surface area contributed by atoms with Gasteiger partial charge in [-0.2, -0.15) is 4.98 Å². The number of amides is 2. The summed E-state index contributed by atoms with van der Waals surface area (Å²) in [6.07, 6.45) is 1.31. The van der Waals surface area contributed by atoms with Crippen LogP contribution in [0.3, 0.4) is 0 Å². The van der Waals surface area contributed by atoms with E-state index < -0.39 is 17.7 Å². The van der Waals surface area contributed by atoms with Gasteiger partial charge in [0.25, 0.3) is 5.89 Å². The maximum Gasteiger partial charge on any atom is 0.321 e. The third-order valence-electron chi connectivity index (χ3n) is 4.46. The number of rotatable bonds is 7. The molecule has 10 heteroatoms. The Labute approximate surface area is 160 Å². The molecule has 2 amide bonds. The minimum atomic E-state index is -0.810. The highest BCUT2D eigenvalue weighted by atomic mass is 19.1. The number of hydrogen-bond donors (Lipinski definition) is 1. The van der Waals surface area contributed by atoms with Crippen LogP contribution in [0.5, 0.6) is 0 Å². The summed E-state index contributed by atoms with van der Waals surface area (Å²) in [5.41, 5.74) is -0.0511. The van der Waals surface area contributed by atoms with Gasteiger partial charge in [0, 0.05) is 32.2 Å². The third kappa shape index (κ3) is 5.23. The Bertz CT molecular complexity index is 794. The Morgan fingerprint density at radius 3 is 2.82 bits per heavy atom. The number of hydrogen-bond acceptors (Lipinski definition) is 6. The first kappa shape index (κ1) is 20.2. The molecule has 0 saturated carbocycles. The van der Waals surface area contributed by atoms with Crippen molar-refractivity contribution >= 4 is 11.7 Å². The summed E-state index contributed by atoms with van der Waals surface area (Å²) in [4.78, 5) is 18.2. The molecule has 2 heterocycles. The van der Waals surface area contributed by atoms with Crippen molar-refractivity contribution in [2.45, 2.75) is 25.4 Å². The molecular weight excluding hydrogens is 374 g/mol. The number of urea groups is 1. The normalized spacial score (nSPS) is 15.0. The molecule has 1 N–H and O–H groups in total. The van der Waals surface area contributed by atoms with Crippen LogP contribution in [0, 0.1) is 11.6 Å². The van der Waals surface area contributed by atoms with Crippen LogP contribution in [0.4, 0.5) is 19.3 Å². The Morgan fingerprint density at radius 1 is 1.32 bits per heavy atom. The quantitative estimate of drug-likeness (QED) is 0.724. The molecule has 1 aliphatic rings. The molecule has 0 atom stereocenters. The van der Waals surface area contributed by atoms with E-state index in [4.69, 9.17) is 14.0 Å². The maximum atomic E-state index is 13.7. The van der Waals surface area contributed by atoms with Crippen LogP contribution >= 0.6 is 0 Å². The fourth-order valence-electron chi connectivity index (χ4n) is 2.92. The van der Waals surface area contributed by atoms with Crippen molar-refractivity contribution in [2.75, 3.05) is 38.7 Å². The zero-order chi connectivity index (χ0) is 19.9. The lowest BCUT2D eigenvalue weighted by Crippen LogP contribution is -2.40. The summed E-state index contributed by atoms with van der Waals surface area (Å²) in [7, 11) is 1.59. The number of likely N-dealkylation sites (tertiary alicyclic amines) is 1. The third-order valence-corrected chi connectivity index (χ3v) is 4.46. The molecular formula is C18H22F2N4O4. The van der Waals surface area contributed by atoms with E-state index in [0.717, 1.165) is 12.1 Å². The molecule has 0 aliphatic carbocycles. The number of nitrogens with zero attached hydrogens (tertiary/aromatic N) is 3. The number of carbonyl (C=O) groups excluding carboxylic acids is 1. The van der Waals surface area contributed by atoms with Gasteiger partial charge in [0.05, 0.1) is 18.9 Å². The van der Waals surface area contributed by atoms with Crippen molar-refractivity contribution < 1.29 is 27.6 Å². The number of piperidine rings is 1. The minimum Gasteiger partial charge on any atom is -0.382 e. The SMILES string of the molecule is COCCOCc1nc(C2CCN(C(=O)Nc3ccc(F)cc3F)CC2)no1. The Hall–Kier alpha value is -2.59. The largest absolute Gasteiger partial charge is 0.382 e. The Kier molecular flexibility index (Phi) is 6.88. The second kappa shape index (κ2) is 9.56. The molecule has 2 aromatic rings. The van der Waals surface area contributed by atoms with Gasteiger partial charge in [-0.1, -0.05) is 5.16 Å². The molecule has 152 valence electrons. The summed E-state index contributed by atoms with van der Waals surface area (Å²) in [5.74, 6) is -0.439. The lowest BCUT2D eigenvalue weighted by molar-refractivity contribution is 0.0494. The maximum absolute atomic E-state index is 13.7. The number of benzene rings is 1. The van der Waals surface area contributed by atoms with E-state index in [2.05, 4.69) is 15.5 Å². The van der Waals surface area contributed by atoms with Crippen LogP contribution in [0.15, 0.2) is 22.7 Å². The van der Waals surface area contributed by atoms with Crippen molar-refractivity contribution in [3.05, 3.63) is 41.5 Å². The summed E-state index contributed by atoms with van der Waals surface area (Å²) in [6.45, 7) is 2.08. The van der Waals surface area contributed by atoms with Gasteiger partial charge in [-0.3, -0.25) is 0 Å². The first-order valence-corrected chi connectivity index (χ1v) is 8.97. The molecule has 0 spiro atoms. The number of nitrogens with one attached hydrogen (secondary N) is 1. The van der Waals surface area contributed by atoms with E-state index >= 15 is 0 Å². The summed E-state index contributed by atoms with van der Waals surface area (Å²) < 4.78 is 42.1. The van der Waals surface area contributed by atoms with Crippen molar-refractivity contribution in [1.29, 1.82) is 0 Å². The van der Waals surface area contributed by atoms with Crippen molar-refractivity contribution in [1.82, 2.24) is 15.0 Å². The lowest BCUT2D eigenvalue weighted by atomic mass is 9.96. The molecule has 0 bridgehead atoms. The number of aromatic nitrogens is 2. The molecule has 1 aromatic carbocycles. The number of halogens is 2. The fourth-order valence-corrected chi connectivity index (χ4v) is 2.92. The molecule has 28 heavy (non-hydrogen) atoms. The van der Waals surface area contributed by atoms with Gasteiger partial charge in [0.15, 0.2) is 5.82 Å². The zero-order valence-electron chi connectivity index (χ0n) is 15.5. The van der Waals surface area contributed by atoms with Crippen molar-refractivity contribution in [3.63, 3.8) is 0 Å². The monoisotopic (exact) mass is 396 g/mol. The van der Waals surface area contributed by atoms with Crippen LogP contribution in [-0.2, 0) is 16.1 Å². The molecule has 1 saturated heterocycles. The van der Waals surface area contributed by atoms with Gasteiger partial charge >= 0.3 is 6.03 Å². The Morgan fingerprint density at radius 2 is 2.11 bits per heavy atom. The van der Waals surface area contributed by atoms with E-state index in [-0.39, 0.29) is 18.2 Å². The zero-order valence-corrected chi connectivity index (χ0v) is 15.5. The van der Waals surface area contributed by atoms with Gasteiger partial charge < -0.3 is 24.2 Å². The van der Waals surface area contributed by atoms with Crippen molar-refractivity contribution in [2.24, 2.45) is 0 Å². The van der Waals surface area contributed by atoms with Crippen LogP contribution in [0.1, 0.15) is 30.5 Å². The van der Waals surface area contributed by atoms with Crippen LogP contribution in [0.2, 0.25) is 0 Å². The standard InChI is InChI=1S/C18H22F2N4O4/c1-26-8-9-27-11-16-22-17(23-28-16)12-4-6-24(7-5-12)18(25)21-15-3-2-13(19)10-14(15)20/h2-3,10,12H,4-9,11H2,1H3,(H,21,25). The highest BCUT2D eigenvalue weighted by Gasteiger charge is 2.27. The number of carbonyl (C=O) groups is 1. The smallest absolute Gasteiger partial charge is 0.321 e. The van der Waals surface area contributed by atoms with Gasteiger partial charge in [0.1, 0.15) is 18.2 Å². The van der Waals surface area contributed by atoms with E-state index in [9.17, 15) is 13.6 Å². The first-order chi connectivity index (χ1) is 13.6. The predicted molar refractivity (Wildman–Crippen MR) is 94.8 cm³/mol. The van der Waals surface area contributed by atoms with Gasteiger partial charge in [-0.15, -0.1) is 0 Å². The lowest BCUT2D eigenvalue weighted by Gasteiger charge is -2.30. The fraction of sp³-hybridized carbons (Fsp3) is 0.500. The molecule has 0 radical (unpaired) electrons. The minimum absolute atomic E-state index is 0.0511. The molecule has 3 rings (SSSR count). The average Bonchev–Trinajstić information content (AvgIpc) is 3.16. The van der Waals surface area contributed by atoms with Gasteiger partial charge in [-0.05, 0) is 25.0 Å². The Balaban J connectivity index is 1.47. The van der Waals surface area contributed by atoms with E-state index in [1.54, 1.807) is 12.0 Å². The summed E-state index contributed by atoms with van der Waals surface area (Å²) in [6, 6.07) is 2.60. The first-order valence-electron chi connectivity index (χ1n) is 8.97. The van der Waals surface area contributed by atoms with Gasteiger partial charge in [0.2, 0.25) is 0 Å². The van der Waals surface area contributed by atoms with E-state index in [1.165, 1.54) is 6.07 Å². The average molecular weight is 396 g/mol. The van der Waals surface area contributed by atoms with Gasteiger partial charge in [-0.25, -0.2) is 13.6 Å². The molecule has 8 nitrogen and oxygen atoms in total. The van der Waals surface area contributed by atoms with Crippen LogP contribution in [0.25, 0.3) is 0 Å². The molecule has 1 fully saturated rings. The summed E-state index contributed by atoms with van der Waals surface area (Å²) in [5, 5.41) is 6.46. The second-order valence-corrected chi connectivity index (χ2v) is 6.41. The van der Waals surface area contributed by atoms with E-state index in [0.29, 0.717) is 50.9 Å². The van der Waals surface area contributed by atoms with Crippen LogP contribution in [-0.4, -0.2) is 54.5 Å². The molecule has 1 aliphatic heterocycles.